The Morgan fingerprint density at radius 2 is 2.06 bits per heavy atom. The van der Waals surface area contributed by atoms with Crippen LogP contribution in [0.5, 0.6) is 0 Å². The Morgan fingerprint density at radius 3 is 2.76 bits per heavy atom. The maximum Gasteiger partial charge on any atom is 0.182 e. The number of benzene rings is 1. The van der Waals surface area contributed by atoms with Crippen molar-refractivity contribution in [2.45, 2.75) is 26.8 Å². The highest BCUT2D eigenvalue weighted by Gasteiger charge is 2.08. The fourth-order valence-corrected chi connectivity index (χ4v) is 1.68. The largest absolute Gasteiger partial charge is 0.330 e. The average molecular weight is 231 g/mol. The Morgan fingerprint density at radius 1 is 1.24 bits per heavy atom. The molecular weight excluding hydrogens is 214 g/mol. The van der Waals surface area contributed by atoms with Gasteiger partial charge in [-0.25, -0.2) is 4.68 Å². The zero-order valence-electron chi connectivity index (χ0n) is 10.2. The van der Waals surface area contributed by atoms with E-state index in [0.29, 0.717) is 6.54 Å². The van der Waals surface area contributed by atoms with Crippen molar-refractivity contribution in [1.82, 2.24) is 20.2 Å². The lowest BCUT2D eigenvalue weighted by molar-refractivity contribution is 0.568. The van der Waals surface area contributed by atoms with E-state index in [1.807, 2.05) is 6.07 Å². The maximum atomic E-state index is 5.50. The summed E-state index contributed by atoms with van der Waals surface area (Å²) in [6.45, 7) is 5.58. The van der Waals surface area contributed by atoms with Crippen LogP contribution in [0.3, 0.4) is 0 Å². The van der Waals surface area contributed by atoms with E-state index >= 15 is 0 Å². The zero-order valence-corrected chi connectivity index (χ0v) is 10.2. The first-order valence-electron chi connectivity index (χ1n) is 5.76. The quantitative estimate of drug-likeness (QED) is 0.861. The Labute approximate surface area is 101 Å². The van der Waals surface area contributed by atoms with Gasteiger partial charge in [0.25, 0.3) is 0 Å². The van der Waals surface area contributed by atoms with Crippen LogP contribution in [0.15, 0.2) is 18.2 Å². The summed E-state index contributed by atoms with van der Waals surface area (Å²) in [6.07, 6.45) is 0.878. The van der Waals surface area contributed by atoms with Gasteiger partial charge in [-0.1, -0.05) is 12.1 Å². The molecule has 0 aliphatic heterocycles. The molecule has 90 valence electrons. The average Bonchev–Trinajstić information content (AvgIpc) is 2.78. The number of tetrazole rings is 1. The molecule has 17 heavy (non-hydrogen) atoms. The molecule has 0 radical (unpaired) electrons. The molecule has 1 heterocycles. The summed E-state index contributed by atoms with van der Waals surface area (Å²) < 4.78 is 1.80. The summed E-state index contributed by atoms with van der Waals surface area (Å²) in [4.78, 5) is 0. The third kappa shape index (κ3) is 2.50. The lowest BCUT2D eigenvalue weighted by Gasteiger charge is -2.06. The predicted octanol–water partition coefficient (Wildman–Crippen LogP) is 1.31. The molecule has 5 nitrogen and oxygen atoms in total. The fraction of sp³-hybridized carbons (Fsp3) is 0.417. The van der Waals surface area contributed by atoms with Crippen molar-refractivity contribution in [3.05, 3.63) is 29.3 Å². The minimum atomic E-state index is 0.645. The highest BCUT2D eigenvalue weighted by molar-refractivity contribution is 5.56. The van der Waals surface area contributed by atoms with Crippen molar-refractivity contribution in [3.63, 3.8) is 0 Å². The number of nitrogens with zero attached hydrogens (tertiary/aromatic N) is 4. The second-order valence-electron chi connectivity index (χ2n) is 4.17. The van der Waals surface area contributed by atoms with Gasteiger partial charge < -0.3 is 5.73 Å². The Balaban J connectivity index is 2.32. The highest BCUT2D eigenvalue weighted by Crippen LogP contribution is 2.19. The van der Waals surface area contributed by atoms with Crippen molar-refractivity contribution < 1.29 is 0 Å². The summed E-state index contributed by atoms with van der Waals surface area (Å²) in [5.74, 6) is 0.807. The molecule has 2 N–H and O–H groups in total. The van der Waals surface area contributed by atoms with Crippen LogP contribution in [0.2, 0.25) is 0 Å². The second kappa shape index (κ2) is 5.05. The molecule has 1 aromatic carbocycles. The second-order valence-corrected chi connectivity index (χ2v) is 4.17. The minimum Gasteiger partial charge on any atom is -0.330 e. The first-order chi connectivity index (χ1) is 8.22. The van der Waals surface area contributed by atoms with Crippen LogP contribution in [-0.2, 0) is 6.54 Å². The lowest BCUT2D eigenvalue weighted by atomic mass is 10.1. The van der Waals surface area contributed by atoms with Crippen LogP contribution in [0.25, 0.3) is 11.4 Å². The minimum absolute atomic E-state index is 0.645. The lowest BCUT2D eigenvalue weighted by Crippen LogP contribution is -2.08. The van der Waals surface area contributed by atoms with Gasteiger partial charge >= 0.3 is 0 Å². The van der Waals surface area contributed by atoms with Crippen molar-refractivity contribution in [2.24, 2.45) is 5.73 Å². The molecule has 0 atom stereocenters. The maximum absolute atomic E-state index is 5.50. The summed E-state index contributed by atoms with van der Waals surface area (Å²) >= 11 is 0. The summed E-state index contributed by atoms with van der Waals surface area (Å²) in [6, 6.07) is 6.25. The predicted molar refractivity (Wildman–Crippen MR) is 66.4 cm³/mol. The molecule has 1 aromatic heterocycles. The monoisotopic (exact) mass is 231 g/mol. The zero-order chi connectivity index (χ0) is 12.3. The molecule has 0 aliphatic carbocycles. The van der Waals surface area contributed by atoms with Gasteiger partial charge in [0.15, 0.2) is 5.82 Å². The standard InChI is InChI=1S/C12H17N5/c1-9-4-5-11(8-10(9)2)12-14-15-16-17(12)7-3-6-13/h4-5,8H,3,6-7,13H2,1-2H3. The number of hydrogen-bond donors (Lipinski definition) is 1. The van der Waals surface area contributed by atoms with Crippen LogP contribution < -0.4 is 5.73 Å². The molecule has 2 rings (SSSR count). The van der Waals surface area contributed by atoms with E-state index in [2.05, 4.69) is 41.5 Å². The molecule has 5 heteroatoms. The molecule has 0 amide bonds. The highest BCUT2D eigenvalue weighted by atomic mass is 15.5. The summed E-state index contributed by atoms with van der Waals surface area (Å²) in [5.41, 5.74) is 9.07. The number of nitrogens with two attached hydrogens (primary N) is 1. The van der Waals surface area contributed by atoms with E-state index < -0.39 is 0 Å². The molecule has 2 aromatic rings. The summed E-state index contributed by atoms with van der Waals surface area (Å²) in [7, 11) is 0. The number of hydrogen-bond acceptors (Lipinski definition) is 4. The van der Waals surface area contributed by atoms with Gasteiger partial charge in [-0.2, -0.15) is 0 Å². The van der Waals surface area contributed by atoms with Crippen LogP contribution in [0, 0.1) is 13.8 Å². The van der Waals surface area contributed by atoms with E-state index in [9.17, 15) is 0 Å². The van der Waals surface area contributed by atoms with Crippen molar-refractivity contribution in [2.75, 3.05) is 6.54 Å². The molecule has 0 saturated carbocycles. The molecule has 0 bridgehead atoms. The van der Waals surface area contributed by atoms with Crippen molar-refractivity contribution in [1.29, 1.82) is 0 Å². The first-order valence-corrected chi connectivity index (χ1v) is 5.76. The van der Waals surface area contributed by atoms with Gasteiger partial charge in [-0.05, 0) is 54.4 Å². The molecule has 0 spiro atoms. The Hall–Kier alpha value is -1.75. The summed E-state index contributed by atoms with van der Waals surface area (Å²) in [5, 5.41) is 11.8. The van der Waals surface area contributed by atoms with Crippen LogP contribution in [0.1, 0.15) is 17.5 Å². The smallest absolute Gasteiger partial charge is 0.182 e. The van der Waals surface area contributed by atoms with E-state index in [1.165, 1.54) is 11.1 Å². The van der Waals surface area contributed by atoms with Gasteiger partial charge in [0, 0.05) is 12.1 Å². The number of rotatable bonds is 4. The van der Waals surface area contributed by atoms with Crippen LogP contribution in [-0.4, -0.2) is 26.8 Å². The number of aromatic nitrogens is 4. The molecular formula is C12H17N5. The van der Waals surface area contributed by atoms with Gasteiger partial charge in [-0.3, -0.25) is 0 Å². The third-order valence-electron chi connectivity index (χ3n) is 2.87. The van der Waals surface area contributed by atoms with E-state index in [0.717, 1.165) is 24.4 Å². The van der Waals surface area contributed by atoms with Gasteiger partial charge in [0.05, 0.1) is 0 Å². The third-order valence-corrected chi connectivity index (χ3v) is 2.87. The van der Waals surface area contributed by atoms with E-state index in [-0.39, 0.29) is 0 Å². The van der Waals surface area contributed by atoms with Gasteiger partial charge in [0.1, 0.15) is 0 Å². The number of aryl methyl sites for hydroxylation is 3. The molecule has 0 saturated heterocycles. The fourth-order valence-electron chi connectivity index (χ4n) is 1.68. The Bertz CT molecular complexity index is 503. The van der Waals surface area contributed by atoms with Crippen molar-refractivity contribution >= 4 is 0 Å². The van der Waals surface area contributed by atoms with Gasteiger partial charge in [-0.15, -0.1) is 5.10 Å². The van der Waals surface area contributed by atoms with E-state index in [1.54, 1.807) is 4.68 Å². The van der Waals surface area contributed by atoms with E-state index in [4.69, 9.17) is 5.73 Å². The normalized spacial score (nSPS) is 10.8. The Kier molecular flexibility index (Phi) is 3.49. The van der Waals surface area contributed by atoms with Crippen molar-refractivity contribution in [3.8, 4) is 11.4 Å². The van der Waals surface area contributed by atoms with Crippen LogP contribution in [0.4, 0.5) is 0 Å². The molecule has 0 aliphatic rings. The molecule has 0 fully saturated rings. The van der Waals surface area contributed by atoms with Gasteiger partial charge in [0.2, 0.25) is 0 Å². The SMILES string of the molecule is Cc1ccc(-c2nnnn2CCCN)cc1C. The van der Waals surface area contributed by atoms with Crippen LogP contribution >= 0.6 is 0 Å². The molecule has 0 unspecified atom stereocenters. The topological polar surface area (TPSA) is 69.6 Å². The first kappa shape index (κ1) is 11.7.